The molecule has 0 bridgehead atoms. The number of ether oxygens (including phenoxy) is 1. The number of nitrogens with one attached hydrogen (secondary N) is 3. The largest absolute Gasteiger partial charge is 0.494 e. The summed E-state index contributed by atoms with van der Waals surface area (Å²) in [6.45, 7) is 6.32. The molecule has 10 heteroatoms. The average Bonchev–Trinajstić information content (AvgIpc) is 3.55. The predicted octanol–water partition coefficient (Wildman–Crippen LogP) is 8.05. The number of benzene rings is 4. The Bertz CT molecular complexity index is 1850. The molecule has 238 valence electrons. The first kappa shape index (κ1) is 33.2. The first-order valence-electron chi connectivity index (χ1n) is 15.0. The Morgan fingerprint density at radius 2 is 1.60 bits per heavy atom. The number of hydrogen-bond acceptors (Lipinski definition) is 7. The lowest BCUT2D eigenvalue weighted by Crippen LogP contribution is -2.30. The summed E-state index contributed by atoms with van der Waals surface area (Å²) < 4.78 is 5.51. The van der Waals surface area contributed by atoms with Crippen LogP contribution in [0.25, 0.3) is 17.3 Å². The molecule has 4 aromatic carbocycles. The summed E-state index contributed by atoms with van der Waals surface area (Å²) in [5.41, 5.74) is 4.76. The molecule has 8 nitrogen and oxygen atoms in total. The highest BCUT2D eigenvalue weighted by atomic mass is 32.2. The maximum atomic E-state index is 13.4. The van der Waals surface area contributed by atoms with E-state index in [0.29, 0.717) is 28.7 Å². The molecule has 0 saturated carbocycles. The number of hydrogen-bond donors (Lipinski definition) is 3. The van der Waals surface area contributed by atoms with E-state index in [1.807, 2.05) is 80.7 Å². The van der Waals surface area contributed by atoms with E-state index < -0.39 is 11.8 Å². The van der Waals surface area contributed by atoms with E-state index in [0.717, 1.165) is 21.7 Å². The summed E-state index contributed by atoms with van der Waals surface area (Å²) in [5, 5.41) is 10.6. The van der Waals surface area contributed by atoms with Gasteiger partial charge in [0.15, 0.2) is 5.13 Å². The van der Waals surface area contributed by atoms with Crippen molar-refractivity contribution in [3.05, 3.63) is 131 Å². The quantitative estimate of drug-likeness (QED) is 0.0922. The molecule has 5 aromatic rings. The van der Waals surface area contributed by atoms with E-state index in [-0.39, 0.29) is 16.9 Å². The minimum atomic E-state index is -0.482. The second kappa shape index (κ2) is 15.9. The number of aromatic nitrogens is 1. The molecule has 3 amide bonds. The fourth-order valence-corrected chi connectivity index (χ4v) is 5.99. The fourth-order valence-electron chi connectivity index (χ4n) is 4.40. The lowest BCUT2D eigenvalue weighted by molar-refractivity contribution is -0.115. The van der Waals surface area contributed by atoms with Gasteiger partial charge in [0.05, 0.1) is 17.6 Å². The molecule has 3 N–H and O–H groups in total. The van der Waals surface area contributed by atoms with E-state index in [9.17, 15) is 14.4 Å². The molecule has 0 spiro atoms. The van der Waals surface area contributed by atoms with Gasteiger partial charge in [-0.1, -0.05) is 60.2 Å². The second-order valence-electron chi connectivity index (χ2n) is 10.5. The van der Waals surface area contributed by atoms with Gasteiger partial charge in [0.25, 0.3) is 11.8 Å². The summed E-state index contributed by atoms with van der Waals surface area (Å²) >= 11 is 2.78. The van der Waals surface area contributed by atoms with Crippen LogP contribution in [0.3, 0.4) is 0 Å². The second-order valence-corrected chi connectivity index (χ2v) is 12.8. The zero-order valence-corrected chi connectivity index (χ0v) is 27.8. The zero-order chi connectivity index (χ0) is 33.2. The van der Waals surface area contributed by atoms with Gasteiger partial charge in [0, 0.05) is 27.1 Å². The molecular weight excluding hydrogens is 629 g/mol. The molecule has 47 heavy (non-hydrogen) atoms. The van der Waals surface area contributed by atoms with Crippen molar-refractivity contribution < 1.29 is 19.1 Å². The predicted molar refractivity (Wildman–Crippen MR) is 191 cm³/mol. The van der Waals surface area contributed by atoms with Crippen molar-refractivity contribution in [1.82, 2.24) is 10.3 Å². The zero-order valence-electron chi connectivity index (χ0n) is 26.2. The van der Waals surface area contributed by atoms with Crippen LogP contribution >= 0.6 is 23.1 Å². The molecule has 1 heterocycles. The van der Waals surface area contributed by atoms with Crippen molar-refractivity contribution in [2.45, 2.75) is 30.9 Å². The lowest BCUT2D eigenvalue weighted by Gasteiger charge is -2.13. The maximum Gasteiger partial charge on any atom is 0.272 e. The third-order valence-electron chi connectivity index (χ3n) is 6.91. The Hall–Kier alpha value is -5.19. The van der Waals surface area contributed by atoms with Crippen molar-refractivity contribution in [2.24, 2.45) is 0 Å². The van der Waals surface area contributed by atoms with E-state index in [1.54, 1.807) is 54.6 Å². The molecule has 1 unspecified atom stereocenters. The monoisotopic (exact) mass is 662 g/mol. The van der Waals surface area contributed by atoms with Crippen molar-refractivity contribution in [2.75, 3.05) is 17.2 Å². The standard InChI is InChI=1S/C37H34N4O4S2/c1-4-45-30-18-12-26(13-19-30)22-32(39-35(43)28-8-6-5-7-9-28)36(44)38-29-16-20-31(21-17-29)47-25(3)34(42)41-37-40-33(23-46-37)27-14-10-24(2)11-15-27/h5-23,25H,4H2,1-3H3,(H,38,44)(H,39,43)(H,40,41,42)/b32-22-. The van der Waals surface area contributed by atoms with Crippen LogP contribution in [0.2, 0.25) is 0 Å². The Morgan fingerprint density at radius 3 is 2.28 bits per heavy atom. The molecule has 0 fully saturated rings. The number of aryl methyl sites for hydroxylation is 1. The van der Waals surface area contributed by atoms with Crippen LogP contribution in [0.4, 0.5) is 10.8 Å². The minimum Gasteiger partial charge on any atom is -0.494 e. The number of amides is 3. The molecule has 1 aromatic heterocycles. The maximum absolute atomic E-state index is 13.4. The van der Waals surface area contributed by atoms with Crippen LogP contribution in [0.5, 0.6) is 5.75 Å². The van der Waals surface area contributed by atoms with Crippen LogP contribution < -0.4 is 20.7 Å². The van der Waals surface area contributed by atoms with Gasteiger partial charge < -0.3 is 20.7 Å². The SMILES string of the molecule is CCOc1ccc(/C=C(\NC(=O)c2ccccc2)C(=O)Nc2ccc(SC(C)C(=O)Nc3nc(-c4ccc(C)cc4)cs3)cc2)cc1. The topological polar surface area (TPSA) is 109 Å². The molecule has 5 rings (SSSR count). The Kier molecular flexibility index (Phi) is 11.2. The third-order valence-corrected chi connectivity index (χ3v) is 8.78. The van der Waals surface area contributed by atoms with E-state index >= 15 is 0 Å². The van der Waals surface area contributed by atoms with Gasteiger partial charge in [-0.2, -0.15) is 0 Å². The van der Waals surface area contributed by atoms with E-state index in [2.05, 4.69) is 20.9 Å². The first-order valence-corrected chi connectivity index (χ1v) is 16.8. The number of thioether (sulfide) groups is 1. The molecule has 0 saturated heterocycles. The molecule has 0 radical (unpaired) electrons. The molecule has 1 atom stereocenters. The van der Waals surface area contributed by atoms with Crippen molar-refractivity contribution in [3.8, 4) is 17.0 Å². The van der Waals surface area contributed by atoms with Crippen LogP contribution in [0.15, 0.2) is 119 Å². The number of carbonyl (C=O) groups is 3. The highest BCUT2D eigenvalue weighted by Crippen LogP contribution is 2.28. The van der Waals surface area contributed by atoms with Crippen LogP contribution in [-0.4, -0.2) is 34.6 Å². The Balaban J connectivity index is 1.21. The van der Waals surface area contributed by atoms with Crippen LogP contribution in [0, 0.1) is 6.92 Å². The summed E-state index contributed by atoms with van der Waals surface area (Å²) in [4.78, 5) is 44.7. The van der Waals surface area contributed by atoms with Gasteiger partial charge in [-0.05, 0) is 80.9 Å². The van der Waals surface area contributed by atoms with Crippen LogP contribution in [0.1, 0.15) is 35.3 Å². The number of nitrogens with zero attached hydrogens (tertiary/aromatic N) is 1. The van der Waals surface area contributed by atoms with E-state index in [1.165, 1.54) is 28.7 Å². The normalized spacial score (nSPS) is 11.8. The summed E-state index contributed by atoms with van der Waals surface area (Å²) in [7, 11) is 0. The number of thiazole rings is 1. The fraction of sp³-hybridized carbons (Fsp3) is 0.135. The Labute approximate surface area is 282 Å². The molecule has 0 aliphatic heterocycles. The Morgan fingerprint density at radius 1 is 0.894 bits per heavy atom. The smallest absolute Gasteiger partial charge is 0.272 e. The van der Waals surface area contributed by atoms with Gasteiger partial charge in [-0.15, -0.1) is 23.1 Å². The van der Waals surface area contributed by atoms with Gasteiger partial charge in [0.2, 0.25) is 5.91 Å². The number of carbonyl (C=O) groups excluding carboxylic acids is 3. The first-order chi connectivity index (χ1) is 22.8. The number of rotatable bonds is 12. The highest BCUT2D eigenvalue weighted by molar-refractivity contribution is 8.00. The molecule has 0 aliphatic carbocycles. The van der Waals surface area contributed by atoms with Crippen LogP contribution in [-0.2, 0) is 9.59 Å². The summed E-state index contributed by atoms with van der Waals surface area (Å²) in [6, 6.07) is 31.2. The average molecular weight is 663 g/mol. The molecule has 0 aliphatic rings. The van der Waals surface area contributed by atoms with Crippen molar-refractivity contribution in [1.29, 1.82) is 0 Å². The highest BCUT2D eigenvalue weighted by Gasteiger charge is 2.18. The van der Waals surface area contributed by atoms with Crippen molar-refractivity contribution >= 4 is 57.7 Å². The minimum absolute atomic E-state index is 0.0829. The number of anilines is 2. The van der Waals surface area contributed by atoms with Gasteiger partial charge in [0.1, 0.15) is 11.4 Å². The van der Waals surface area contributed by atoms with E-state index in [4.69, 9.17) is 4.74 Å². The summed E-state index contributed by atoms with van der Waals surface area (Å²) in [6.07, 6.45) is 1.61. The summed E-state index contributed by atoms with van der Waals surface area (Å²) in [5.74, 6) is -0.328. The van der Waals surface area contributed by atoms with Crippen molar-refractivity contribution in [3.63, 3.8) is 0 Å². The lowest BCUT2D eigenvalue weighted by atomic mass is 10.1. The molecular formula is C37H34N4O4S2. The third kappa shape index (κ3) is 9.41. The van der Waals surface area contributed by atoms with Gasteiger partial charge in [-0.3, -0.25) is 14.4 Å². The van der Waals surface area contributed by atoms with Gasteiger partial charge in [-0.25, -0.2) is 4.98 Å². The van der Waals surface area contributed by atoms with Gasteiger partial charge >= 0.3 is 0 Å².